The number of nitrogens with two attached hydrogens (primary N) is 1. The molecule has 0 radical (unpaired) electrons. The molecule has 0 bridgehead atoms. The maximum atomic E-state index is 12.5. The first-order valence-electron chi connectivity index (χ1n) is 4.76. The Bertz CT molecular complexity index is 306. The van der Waals surface area contributed by atoms with Crippen LogP contribution >= 0.6 is 0 Å². The van der Waals surface area contributed by atoms with Crippen molar-refractivity contribution in [2.75, 3.05) is 0 Å². The molecule has 0 aromatic heterocycles. The first-order valence-corrected chi connectivity index (χ1v) is 4.76. The highest BCUT2D eigenvalue weighted by atomic mass is 19.3. The highest BCUT2D eigenvalue weighted by molar-refractivity contribution is 5.33. The van der Waals surface area contributed by atoms with Crippen LogP contribution in [0.15, 0.2) is 30.3 Å². The predicted molar refractivity (Wildman–Crippen MR) is 51.3 cm³/mol. The average molecular weight is 197 g/mol. The molecule has 1 unspecified atom stereocenters. The Morgan fingerprint density at radius 2 is 1.71 bits per heavy atom. The minimum Gasteiger partial charge on any atom is -0.322 e. The molecule has 2 N–H and O–H groups in total. The highest BCUT2D eigenvalue weighted by Gasteiger charge is 2.52. The number of rotatable bonds is 3. The van der Waals surface area contributed by atoms with Crippen molar-refractivity contribution >= 4 is 0 Å². The van der Waals surface area contributed by atoms with Crippen LogP contribution in [0.4, 0.5) is 8.78 Å². The van der Waals surface area contributed by atoms with Crippen molar-refractivity contribution in [3.05, 3.63) is 35.9 Å². The molecule has 1 aromatic rings. The van der Waals surface area contributed by atoms with E-state index in [1.807, 2.05) is 30.3 Å². The lowest BCUT2D eigenvalue weighted by Crippen LogP contribution is -2.41. The fourth-order valence-corrected chi connectivity index (χ4v) is 1.96. The first kappa shape index (κ1) is 9.59. The monoisotopic (exact) mass is 197 g/mol. The molecule has 1 aliphatic rings. The summed E-state index contributed by atoms with van der Waals surface area (Å²) in [5.41, 5.74) is 6.04. The standard InChI is InChI=1S/C11H13F2N/c12-10(13)9(14)11(6-7-11)8-4-2-1-3-5-8/h1-5,9-10H,6-7,14H2. The van der Waals surface area contributed by atoms with Gasteiger partial charge in [-0.1, -0.05) is 30.3 Å². The molecule has 0 saturated heterocycles. The van der Waals surface area contributed by atoms with Crippen molar-refractivity contribution in [1.29, 1.82) is 0 Å². The molecule has 1 saturated carbocycles. The van der Waals surface area contributed by atoms with Gasteiger partial charge in [0, 0.05) is 5.41 Å². The third-order valence-corrected chi connectivity index (χ3v) is 3.05. The van der Waals surface area contributed by atoms with Crippen LogP contribution in [0.25, 0.3) is 0 Å². The molecule has 0 amide bonds. The Kier molecular flexibility index (Phi) is 2.27. The summed E-state index contributed by atoms with van der Waals surface area (Å²) in [6, 6.07) is 8.36. The van der Waals surface area contributed by atoms with Gasteiger partial charge in [0.15, 0.2) is 0 Å². The number of halogens is 2. The van der Waals surface area contributed by atoms with Crippen molar-refractivity contribution in [2.24, 2.45) is 5.73 Å². The lowest BCUT2D eigenvalue weighted by atomic mass is 9.89. The van der Waals surface area contributed by atoms with Crippen LogP contribution in [0.3, 0.4) is 0 Å². The molecular weight excluding hydrogens is 184 g/mol. The van der Waals surface area contributed by atoms with Crippen LogP contribution in [0.2, 0.25) is 0 Å². The lowest BCUT2D eigenvalue weighted by molar-refractivity contribution is 0.0987. The van der Waals surface area contributed by atoms with Crippen molar-refractivity contribution in [1.82, 2.24) is 0 Å². The summed E-state index contributed by atoms with van der Waals surface area (Å²) in [7, 11) is 0. The van der Waals surface area contributed by atoms with E-state index >= 15 is 0 Å². The average Bonchev–Trinajstić information content (AvgIpc) is 2.99. The fourth-order valence-electron chi connectivity index (χ4n) is 1.96. The Balaban J connectivity index is 2.26. The third kappa shape index (κ3) is 1.42. The Hall–Kier alpha value is -0.960. The summed E-state index contributed by atoms with van der Waals surface area (Å²) in [6.07, 6.45) is -0.872. The maximum Gasteiger partial charge on any atom is 0.254 e. The summed E-state index contributed by atoms with van der Waals surface area (Å²) in [6.45, 7) is 0. The summed E-state index contributed by atoms with van der Waals surface area (Å²) in [5.74, 6) is 0. The molecule has 1 atom stereocenters. The second kappa shape index (κ2) is 3.31. The molecule has 1 aliphatic carbocycles. The largest absolute Gasteiger partial charge is 0.322 e. The van der Waals surface area contributed by atoms with E-state index in [0.29, 0.717) is 0 Å². The number of alkyl halides is 2. The fraction of sp³-hybridized carbons (Fsp3) is 0.455. The molecule has 1 aromatic carbocycles. The van der Waals surface area contributed by atoms with E-state index in [4.69, 9.17) is 5.73 Å². The van der Waals surface area contributed by atoms with E-state index in [1.165, 1.54) is 0 Å². The van der Waals surface area contributed by atoms with Crippen LogP contribution in [0.1, 0.15) is 18.4 Å². The van der Waals surface area contributed by atoms with E-state index in [-0.39, 0.29) is 0 Å². The minimum atomic E-state index is -2.43. The van der Waals surface area contributed by atoms with Crippen molar-refractivity contribution < 1.29 is 8.78 Å². The Labute approximate surface area is 81.9 Å². The molecule has 0 spiro atoms. The summed E-state index contributed by atoms with van der Waals surface area (Å²) < 4.78 is 25.0. The van der Waals surface area contributed by atoms with Gasteiger partial charge >= 0.3 is 0 Å². The van der Waals surface area contributed by atoms with Gasteiger partial charge < -0.3 is 5.73 Å². The van der Waals surface area contributed by atoms with Crippen LogP contribution in [-0.4, -0.2) is 12.5 Å². The van der Waals surface area contributed by atoms with Crippen LogP contribution in [0.5, 0.6) is 0 Å². The number of hydrogen-bond donors (Lipinski definition) is 1. The molecular formula is C11H13F2N. The van der Waals surface area contributed by atoms with Gasteiger partial charge in [0.2, 0.25) is 0 Å². The van der Waals surface area contributed by atoms with Gasteiger partial charge in [-0.15, -0.1) is 0 Å². The smallest absolute Gasteiger partial charge is 0.254 e. The van der Waals surface area contributed by atoms with Gasteiger partial charge in [-0.2, -0.15) is 0 Å². The highest BCUT2D eigenvalue weighted by Crippen LogP contribution is 2.51. The molecule has 1 nitrogen and oxygen atoms in total. The van der Waals surface area contributed by atoms with E-state index in [2.05, 4.69) is 0 Å². The molecule has 0 heterocycles. The summed E-state index contributed by atoms with van der Waals surface area (Å²) in [4.78, 5) is 0. The molecule has 1 fully saturated rings. The van der Waals surface area contributed by atoms with Gasteiger partial charge in [-0.3, -0.25) is 0 Å². The van der Waals surface area contributed by atoms with Crippen LogP contribution < -0.4 is 5.73 Å². The lowest BCUT2D eigenvalue weighted by Gasteiger charge is -2.22. The topological polar surface area (TPSA) is 26.0 Å². The van der Waals surface area contributed by atoms with Crippen molar-refractivity contribution in [3.8, 4) is 0 Å². The SMILES string of the molecule is NC(C(F)F)C1(c2ccccc2)CC1. The quantitative estimate of drug-likeness (QED) is 0.790. The second-order valence-corrected chi connectivity index (χ2v) is 3.88. The van der Waals surface area contributed by atoms with Gasteiger partial charge in [0.25, 0.3) is 6.43 Å². The third-order valence-electron chi connectivity index (χ3n) is 3.05. The Morgan fingerprint density at radius 1 is 1.14 bits per heavy atom. The van der Waals surface area contributed by atoms with Gasteiger partial charge in [-0.25, -0.2) is 8.78 Å². The summed E-state index contributed by atoms with van der Waals surface area (Å²) >= 11 is 0. The zero-order chi connectivity index (χ0) is 10.2. The van der Waals surface area contributed by atoms with E-state index < -0.39 is 17.9 Å². The van der Waals surface area contributed by atoms with E-state index in [0.717, 1.165) is 18.4 Å². The van der Waals surface area contributed by atoms with Gasteiger partial charge in [0.1, 0.15) is 0 Å². The summed E-state index contributed by atoms with van der Waals surface area (Å²) in [5, 5.41) is 0. The molecule has 3 heteroatoms. The molecule has 76 valence electrons. The van der Waals surface area contributed by atoms with Gasteiger partial charge in [-0.05, 0) is 18.4 Å². The first-order chi connectivity index (χ1) is 6.67. The zero-order valence-corrected chi connectivity index (χ0v) is 7.79. The number of hydrogen-bond acceptors (Lipinski definition) is 1. The second-order valence-electron chi connectivity index (χ2n) is 3.88. The van der Waals surface area contributed by atoms with Crippen LogP contribution in [-0.2, 0) is 5.41 Å². The van der Waals surface area contributed by atoms with Crippen molar-refractivity contribution in [2.45, 2.75) is 30.7 Å². The molecule has 14 heavy (non-hydrogen) atoms. The van der Waals surface area contributed by atoms with Crippen molar-refractivity contribution in [3.63, 3.8) is 0 Å². The normalized spacial score (nSPS) is 20.9. The zero-order valence-electron chi connectivity index (χ0n) is 7.79. The van der Waals surface area contributed by atoms with Gasteiger partial charge in [0.05, 0.1) is 6.04 Å². The van der Waals surface area contributed by atoms with Crippen LogP contribution in [0, 0.1) is 0 Å². The maximum absolute atomic E-state index is 12.5. The predicted octanol–water partition coefficient (Wildman–Crippen LogP) is 2.31. The van der Waals surface area contributed by atoms with E-state index in [9.17, 15) is 8.78 Å². The Morgan fingerprint density at radius 3 is 2.14 bits per heavy atom. The molecule has 0 aliphatic heterocycles. The number of benzene rings is 1. The molecule has 2 rings (SSSR count). The van der Waals surface area contributed by atoms with E-state index in [1.54, 1.807) is 0 Å². The minimum absolute atomic E-state index is 0.449.